The predicted octanol–water partition coefficient (Wildman–Crippen LogP) is 1.17. The smallest absolute Gasteiger partial charge is 0.326 e. The third-order valence-electron chi connectivity index (χ3n) is 3.25. The predicted molar refractivity (Wildman–Crippen MR) is 62.6 cm³/mol. The molecule has 1 heterocycles. The lowest BCUT2D eigenvalue weighted by molar-refractivity contribution is -0.146. The molecule has 0 aliphatic carbocycles. The molecule has 1 rings (SSSR count). The highest BCUT2D eigenvalue weighted by Crippen LogP contribution is 2.14. The second-order valence-corrected chi connectivity index (χ2v) is 4.57. The summed E-state index contributed by atoms with van der Waals surface area (Å²) < 4.78 is 5.33. The maximum absolute atomic E-state index is 11.8. The van der Waals surface area contributed by atoms with Crippen molar-refractivity contribution < 1.29 is 19.4 Å². The van der Waals surface area contributed by atoms with Gasteiger partial charge in [-0.05, 0) is 25.2 Å². The van der Waals surface area contributed by atoms with Crippen molar-refractivity contribution in [3.05, 3.63) is 0 Å². The van der Waals surface area contributed by atoms with Gasteiger partial charge >= 0.3 is 5.97 Å². The molecule has 1 saturated heterocycles. The van der Waals surface area contributed by atoms with Crippen LogP contribution in [0.3, 0.4) is 0 Å². The molecule has 0 radical (unpaired) electrons. The summed E-state index contributed by atoms with van der Waals surface area (Å²) in [6.07, 6.45) is 2.84. The van der Waals surface area contributed by atoms with Crippen LogP contribution in [0.1, 0.15) is 39.5 Å². The molecule has 1 amide bonds. The Hall–Kier alpha value is -1.10. The first-order valence-electron chi connectivity index (χ1n) is 6.21. The highest BCUT2D eigenvalue weighted by atomic mass is 16.5. The zero-order chi connectivity index (χ0) is 12.8. The van der Waals surface area contributed by atoms with Gasteiger partial charge in [0.25, 0.3) is 0 Å². The minimum atomic E-state index is -0.983. The minimum Gasteiger partial charge on any atom is -0.480 e. The molecule has 1 fully saturated rings. The fourth-order valence-corrected chi connectivity index (χ4v) is 1.88. The lowest BCUT2D eigenvalue weighted by Crippen LogP contribution is -2.49. The number of amides is 1. The molecule has 0 unspecified atom stereocenters. The van der Waals surface area contributed by atoms with Gasteiger partial charge in [0.05, 0.1) is 0 Å². The largest absolute Gasteiger partial charge is 0.480 e. The molecule has 1 aliphatic rings. The number of rotatable bonds is 5. The van der Waals surface area contributed by atoms with E-state index in [-0.39, 0.29) is 11.8 Å². The standard InChI is InChI=1S/C12H21NO4/c1-3-8(2)10(12(15)16)13-11(14)9-6-4-5-7-17-9/h8-10H,3-7H2,1-2H3,(H,13,14)(H,15,16)/t8-,9-,10+/m0/s1. The summed E-state index contributed by atoms with van der Waals surface area (Å²) >= 11 is 0. The van der Waals surface area contributed by atoms with E-state index in [4.69, 9.17) is 9.84 Å². The van der Waals surface area contributed by atoms with Crippen LogP contribution < -0.4 is 5.32 Å². The van der Waals surface area contributed by atoms with Crippen molar-refractivity contribution in [2.45, 2.75) is 51.7 Å². The summed E-state index contributed by atoms with van der Waals surface area (Å²) in [5.41, 5.74) is 0. The van der Waals surface area contributed by atoms with Crippen LogP contribution in [0.25, 0.3) is 0 Å². The van der Waals surface area contributed by atoms with E-state index in [0.29, 0.717) is 19.4 Å². The molecular formula is C12H21NO4. The van der Waals surface area contributed by atoms with Crippen LogP contribution in [0.15, 0.2) is 0 Å². The van der Waals surface area contributed by atoms with Crippen LogP contribution in [0, 0.1) is 5.92 Å². The second kappa shape index (κ2) is 6.59. The van der Waals surface area contributed by atoms with Crippen LogP contribution in [-0.4, -0.2) is 35.7 Å². The monoisotopic (exact) mass is 243 g/mol. The number of nitrogens with one attached hydrogen (secondary N) is 1. The quantitative estimate of drug-likeness (QED) is 0.760. The average molecular weight is 243 g/mol. The van der Waals surface area contributed by atoms with Crippen molar-refractivity contribution >= 4 is 11.9 Å². The van der Waals surface area contributed by atoms with Crippen LogP contribution in [0.2, 0.25) is 0 Å². The normalized spacial score (nSPS) is 23.8. The average Bonchev–Trinajstić information content (AvgIpc) is 2.35. The first-order valence-corrected chi connectivity index (χ1v) is 6.21. The Bertz CT molecular complexity index is 274. The summed E-state index contributed by atoms with van der Waals surface area (Å²) in [7, 11) is 0. The Morgan fingerprint density at radius 2 is 2.18 bits per heavy atom. The molecule has 2 N–H and O–H groups in total. The van der Waals surface area contributed by atoms with Gasteiger partial charge in [-0.15, -0.1) is 0 Å². The van der Waals surface area contributed by atoms with E-state index < -0.39 is 18.1 Å². The number of carbonyl (C=O) groups is 2. The Balaban J connectivity index is 2.53. The number of carboxylic acids is 1. The molecule has 3 atom stereocenters. The zero-order valence-corrected chi connectivity index (χ0v) is 10.4. The highest BCUT2D eigenvalue weighted by molar-refractivity contribution is 5.86. The number of carboxylic acid groups (broad SMARTS) is 1. The molecule has 5 nitrogen and oxygen atoms in total. The van der Waals surface area contributed by atoms with E-state index in [1.165, 1.54) is 0 Å². The second-order valence-electron chi connectivity index (χ2n) is 4.57. The fourth-order valence-electron chi connectivity index (χ4n) is 1.88. The van der Waals surface area contributed by atoms with Gasteiger partial charge in [-0.3, -0.25) is 4.79 Å². The van der Waals surface area contributed by atoms with E-state index in [9.17, 15) is 9.59 Å². The fraction of sp³-hybridized carbons (Fsp3) is 0.833. The molecule has 17 heavy (non-hydrogen) atoms. The first kappa shape index (κ1) is 14.0. The number of hydrogen-bond acceptors (Lipinski definition) is 3. The third kappa shape index (κ3) is 4.00. The van der Waals surface area contributed by atoms with Crippen molar-refractivity contribution in [2.75, 3.05) is 6.61 Å². The van der Waals surface area contributed by atoms with Crippen LogP contribution in [0.4, 0.5) is 0 Å². The van der Waals surface area contributed by atoms with E-state index >= 15 is 0 Å². The molecule has 1 aliphatic heterocycles. The highest BCUT2D eigenvalue weighted by Gasteiger charge is 2.29. The van der Waals surface area contributed by atoms with Crippen molar-refractivity contribution in [1.82, 2.24) is 5.32 Å². The number of carbonyl (C=O) groups excluding carboxylic acids is 1. The lowest BCUT2D eigenvalue weighted by atomic mass is 9.98. The van der Waals surface area contributed by atoms with Gasteiger partial charge in [0.2, 0.25) is 5.91 Å². The SMILES string of the molecule is CC[C@H](C)[C@@H](NC(=O)[C@@H]1CCCCO1)C(=O)O. The lowest BCUT2D eigenvalue weighted by Gasteiger charge is -2.25. The summed E-state index contributed by atoms with van der Waals surface area (Å²) in [4.78, 5) is 22.9. The molecule has 5 heteroatoms. The molecule has 98 valence electrons. The number of ether oxygens (including phenoxy) is 1. The van der Waals surface area contributed by atoms with E-state index in [1.807, 2.05) is 13.8 Å². The molecule has 0 spiro atoms. The summed E-state index contributed by atoms with van der Waals surface area (Å²) in [6.45, 7) is 4.31. The Labute approximate surface area is 102 Å². The Morgan fingerprint density at radius 3 is 2.65 bits per heavy atom. The molecule has 0 aromatic rings. The van der Waals surface area contributed by atoms with Gasteiger partial charge in [0.15, 0.2) is 0 Å². The van der Waals surface area contributed by atoms with E-state index in [2.05, 4.69) is 5.32 Å². The summed E-state index contributed by atoms with van der Waals surface area (Å²) in [5, 5.41) is 11.6. The zero-order valence-electron chi connectivity index (χ0n) is 10.4. The van der Waals surface area contributed by atoms with Crippen molar-refractivity contribution in [2.24, 2.45) is 5.92 Å². The van der Waals surface area contributed by atoms with Gasteiger partial charge in [-0.1, -0.05) is 20.3 Å². The van der Waals surface area contributed by atoms with Crippen molar-refractivity contribution in [3.63, 3.8) is 0 Å². The van der Waals surface area contributed by atoms with Crippen LogP contribution >= 0.6 is 0 Å². The third-order valence-corrected chi connectivity index (χ3v) is 3.25. The first-order chi connectivity index (χ1) is 8.06. The molecular weight excluding hydrogens is 222 g/mol. The van der Waals surface area contributed by atoms with Crippen LogP contribution in [-0.2, 0) is 14.3 Å². The van der Waals surface area contributed by atoms with Crippen molar-refractivity contribution in [1.29, 1.82) is 0 Å². The number of aliphatic carboxylic acids is 1. The maximum Gasteiger partial charge on any atom is 0.326 e. The molecule has 0 aromatic heterocycles. The van der Waals surface area contributed by atoms with E-state index in [1.54, 1.807) is 0 Å². The van der Waals surface area contributed by atoms with Gasteiger partial charge in [0, 0.05) is 6.61 Å². The van der Waals surface area contributed by atoms with Crippen LogP contribution in [0.5, 0.6) is 0 Å². The molecule has 0 saturated carbocycles. The Kier molecular flexibility index (Phi) is 5.41. The van der Waals surface area contributed by atoms with E-state index in [0.717, 1.165) is 12.8 Å². The van der Waals surface area contributed by atoms with Gasteiger partial charge in [-0.2, -0.15) is 0 Å². The summed E-state index contributed by atoms with van der Waals surface area (Å²) in [5.74, 6) is -1.36. The van der Waals surface area contributed by atoms with Gasteiger partial charge in [0.1, 0.15) is 12.1 Å². The van der Waals surface area contributed by atoms with Crippen molar-refractivity contribution in [3.8, 4) is 0 Å². The Morgan fingerprint density at radius 1 is 1.47 bits per heavy atom. The van der Waals surface area contributed by atoms with Gasteiger partial charge in [-0.25, -0.2) is 4.79 Å². The topological polar surface area (TPSA) is 75.6 Å². The summed E-state index contributed by atoms with van der Waals surface area (Å²) in [6, 6.07) is -0.821. The maximum atomic E-state index is 11.8. The molecule has 0 bridgehead atoms. The number of hydrogen-bond donors (Lipinski definition) is 2. The minimum absolute atomic E-state index is 0.0833. The molecule has 0 aromatic carbocycles. The van der Waals surface area contributed by atoms with Gasteiger partial charge < -0.3 is 15.2 Å².